The van der Waals surface area contributed by atoms with Crippen molar-refractivity contribution in [3.05, 3.63) is 23.5 Å². The molecule has 2 bridgehead atoms. The molecule has 2 unspecified atom stereocenters. The number of hydrogen-bond donors (Lipinski definition) is 1. The Hall–Kier alpha value is -2.13. The van der Waals surface area contributed by atoms with E-state index in [0.29, 0.717) is 24.5 Å². The summed E-state index contributed by atoms with van der Waals surface area (Å²) in [4.78, 5) is 17.3. The lowest BCUT2D eigenvalue weighted by Gasteiger charge is -2.37. The third-order valence-electron chi connectivity index (χ3n) is 3.72. The van der Waals surface area contributed by atoms with Crippen molar-refractivity contribution in [2.45, 2.75) is 24.9 Å². The lowest BCUT2D eigenvalue weighted by molar-refractivity contribution is 0.0687. The SMILES string of the molecule is N#Cc1cnc(C(=O)O)c(N2C3CCC2COC3)c1. The summed E-state index contributed by atoms with van der Waals surface area (Å²) in [6, 6.07) is 4.00. The highest BCUT2D eigenvalue weighted by molar-refractivity contribution is 5.92. The van der Waals surface area contributed by atoms with Crippen molar-refractivity contribution in [1.82, 2.24) is 4.98 Å². The Morgan fingerprint density at radius 3 is 2.74 bits per heavy atom. The van der Waals surface area contributed by atoms with Gasteiger partial charge in [-0.1, -0.05) is 0 Å². The first-order valence-electron chi connectivity index (χ1n) is 6.20. The summed E-state index contributed by atoms with van der Waals surface area (Å²) in [6.45, 7) is 1.21. The number of hydrogen-bond acceptors (Lipinski definition) is 5. The van der Waals surface area contributed by atoms with Gasteiger partial charge in [0.25, 0.3) is 0 Å². The molecule has 0 aliphatic carbocycles. The first kappa shape index (κ1) is 11.9. The smallest absolute Gasteiger partial charge is 0.356 e. The van der Waals surface area contributed by atoms with Gasteiger partial charge in [-0.3, -0.25) is 0 Å². The van der Waals surface area contributed by atoms with Gasteiger partial charge in [0, 0.05) is 6.20 Å². The van der Waals surface area contributed by atoms with Crippen LogP contribution in [0.15, 0.2) is 12.3 Å². The van der Waals surface area contributed by atoms with Gasteiger partial charge in [-0.25, -0.2) is 9.78 Å². The number of aromatic nitrogens is 1. The zero-order valence-electron chi connectivity index (χ0n) is 10.2. The molecule has 3 heterocycles. The number of nitriles is 1. The van der Waals surface area contributed by atoms with Crippen LogP contribution >= 0.6 is 0 Å². The molecule has 2 saturated heterocycles. The van der Waals surface area contributed by atoms with Gasteiger partial charge in [-0.15, -0.1) is 0 Å². The molecule has 1 aromatic heterocycles. The van der Waals surface area contributed by atoms with Crippen LogP contribution in [-0.2, 0) is 4.74 Å². The summed E-state index contributed by atoms with van der Waals surface area (Å²) in [5, 5.41) is 18.2. The first-order valence-corrected chi connectivity index (χ1v) is 6.20. The molecule has 6 nitrogen and oxygen atoms in total. The van der Waals surface area contributed by atoms with Crippen LogP contribution in [0, 0.1) is 11.3 Å². The van der Waals surface area contributed by atoms with Gasteiger partial charge in [0.15, 0.2) is 5.69 Å². The quantitative estimate of drug-likeness (QED) is 0.853. The van der Waals surface area contributed by atoms with E-state index in [9.17, 15) is 9.90 Å². The molecule has 2 atom stereocenters. The number of morpholine rings is 1. The number of aromatic carboxylic acids is 1. The normalized spacial score (nSPS) is 25.1. The second-order valence-electron chi connectivity index (χ2n) is 4.84. The minimum Gasteiger partial charge on any atom is -0.476 e. The second-order valence-corrected chi connectivity index (χ2v) is 4.84. The highest BCUT2D eigenvalue weighted by Gasteiger charge is 2.39. The highest BCUT2D eigenvalue weighted by atomic mass is 16.5. The minimum atomic E-state index is -1.06. The highest BCUT2D eigenvalue weighted by Crippen LogP contribution is 2.35. The largest absolute Gasteiger partial charge is 0.476 e. The number of ether oxygens (including phenoxy) is 1. The lowest BCUT2D eigenvalue weighted by Crippen LogP contribution is -2.46. The van der Waals surface area contributed by atoms with E-state index in [1.54, 1.807) is 6.07 Å². The number of carboxylic acid groups (broad SMARTS) is 1. The van der Waals surface area contributed by atoms with Gasteiger partial charge in [0.1, 0.15) is 6.07 Å². The number of rotatable bonds is 2. The number of carboxylic acids is 1. The predicted molar refractivity (Wildman–Crippen MR) is 66.0 cm³/mol. The van der Waals surface area contributed by atoms with Crippen LogP contribution < -0.4 is 4.90 Å². The standard InChI is InChI=1S/C13H13N3O3/c14-4-8-3-11(12(13(17)18)15-5-8)16-9-1-2-10(16)7-19-6-9/h3,5,9-10H,1-2,6-7H2,(H,17,18). The van der Waals surface area contributed by atoms with E-state index in [2.05, 4.69) is 9.88 Å². The topological polar surface area (TPSA) is 86.5 Å². The van der Waals surface area contributed by atoms with Crippen LogP contribution in [0.2, 0.25) is 0 Å². The molecule has 1 N–H and O–H groups in total. The number of anilines is 1. The molecule has 2 aliphatic heterocycles. The van der Waals surface area contributed by atoms with E-state index < -0.39 is 5.97 Å². The molecule has 2 aliphatic rings. The molecule has 0 spiro atoms. The second kappa shape index (κ2) is 4.52. The molecule has 0 amide bonds. The van der Waals surface area contributed by atoms with E-state index in [0.717, 1.165) is 12.8 Å². The summed E-state index contributed by atoms with van der Waals surface area (Å²) in [5.74, 6) is -1.06. The number of pyridine rings is 1. The van der Waals surface area contributed by atoms with Crippen molar-refractivity contribution in [2.24, 2.45) is 0 Å². The van der Waals surface area contributed by atoms with E-state index in [4.69, 9.17) is 10.00 Å². The van der Waals surface area contributed by atoms with E-state index in [1.165, 1.54) is 6.20 Å². The maximum atomic E-state index is 11.3. The number of nitrogens with zero attached hydrogens (tertiary/aromatic N) is 3. The Kier molecular flexibility index (Phi) is 2.84. The summed E-state index contributed by atoms with van der Waals surface area (Å²) < 4.78 is 5.49. The average Bonchev–Trinajstić information content (AvgIpc) is 2.67. The van der Waals surface area contributed by atoms with Crippen LogP contribution in [-0.4, -0.2) is 41.4 Å². The van der Waals surface area contributed by atoms with Crippen molar-refractivity contribution < 1.29 is 14.6 Å². The molecule has 0 aromatic carbocycles. The van der Waals surface area contributed by atoms with Crippen LogP contribution in [0.5, 0.6) is 0 Å². The summed E-state index contributed by atoms with van der Waals surface area (Å²) in [5.41, 5.74) is 0.936. The number of fused-ring (bicyclic) bond motifs is 2. The predicted octanol–water partition coefficient (Wildman–Crippen LogP) is 1.02. The maximum Gasteiger partial charge on any atom is 0.356 e. The number of carbonyl (C=O) groups is 1. The van der Waals surface area contributed by atoms with Gasteiger partial charge in [0.2, 0.25) is 0 Å². The van der Waals surface area contributed by atoms with Crippen LogP contribution in [0.1, 0.15) is 28.9 Å². The Morgan fingerprint density at radius 1 is 1.47 bits per heavy atom. The Bertz CT molecular complexity index is 551. The van der Waals surface area contributed by atoms with Gasteiger partial charge < -0.3 is 14.7 Å². The molecule has 0 saturated carbocycles. The molecule has 1 aromatic rings. The lowest BCUT2D eigenvalue weighted by atomic mass is 10.1. The monoisotopic (exact) mass is 259 g/mol. The fraction of sp³-hybridized carbons (Fsp3) is 0.462. The van der Waals surface area contributed by atoms with E-state index in [-0.39, 0.29) is 17.8 Å². The molecule has 3 rings (SSSR count). The van der Waals surface area contributed by atoms with Crippen molar-refractivity contribution >= 4 is 11.7 Å². The van der Waals surface area contributed by atoms with Crippen molar-refractivity contribution in [2.75, 3.05) is 18.1 Å². The summed E-state index contributed by atoms with van der Waals surface area (Å²) in [6.07, 6.45) is 3.27. The Balaban J connectivity index is 2.08. The summed E-state index contributed by atoms with van der Waals surface area (Å²) >= 11 is 0. The van der Waals surface area contributed by atoms with Gasteiger partial charge in [-0.05, 0) is 18.9 Å². The van der Waals surface area contributed by atoms with Gasteiger partial charge in [0.05, 0.1) is 36.5 Å². The molecule has 98 valence electrons. The molecule has 2 fully saturated rings. The van der Waals surface area contributed by atoms with Gasteiger partial charge >= 0.3 is 5.97 Å². The molecule has 0 radical (unpaired) electrons. The van der Waals surface area contributed by atoms with Crippen molar-refractivity contribution in [1.29, 1.82) is 5.26 Å². The Morgan fingerprint density at radius 2 is 2.16 bits per heavy atom. The van der Waals surface area contributed by atoms with Crippen LogP contribution in [0.25, 0.3) is 0 Å². The van der Waals surface area contributed by atoms with Crippen LogP contribution in [0.4, 0.5) is 5.69 Å². The molecular weight excluding hydrogens is 246 g/mol. The Labute approximate surface area is 110 Å². The summed E-state index contributed by atoms with van der Waals surface area (Å²) in [7, 11) is 0. The molecule has 6 heteroatoms. The third kappa shape index (κ3) is 1.92. The van der Waals surface area contributed by atoms with E-state index >= 15 is 0 Å². The first-order chi connectivity index (χ1) is 9.20. The van der Waals surface area contributed by atoms with Crippen LogP contribution in [0.3, 0.4) is 0 Å². The zero-order valence-corrected chi connectivity index (χ0v) is 10.2. The zero-order chi connectivity index (χ0) is 13.4. The van der Waals surface area contributed by atoms with E-state index in [1.807, 2.05) is 6.07 Å². The minimum absolute atomic E-state index is 0.0119. The third-order valence-corrected chi connectivity index (χ3v) is 3.72. The molecule has 19 heavy (non-hydrogen) atoms. The molecular formula is C13H13N3O3. The fourth-order valence-corrected chi connectivity index (χ4v) is 2.90. The van der Waals surface area contributed by atoms with Crippen molar-refractivity contribution in [3.8, 4) is 6.07 Å². The average molecular weight is 259 g/mol. The maximum absolute atomic E-state index is 11.3. The van der Waals surface area contributed by atoms with Crippen molar-refractivity contribution in [3.63, 3.8) is 0 Å². The van der Waals surface area contributed by atoms with Gasteiger partial charge in [-0.2, -0.15) is 5.26 Å². The fourth-order valence-electron chi connectivity index (χ4n) is 2.90.